The highest BCUT2D eigenvalue weighted by molar-refractivity contribution is 5.94. The van der Waals surface area contributed by atoms with Crippen molar-refractivity contribution in [3.05, 3.63) is 35.7 Å². The molecule has 1 atom stereocenters. The van der Waals surface area contributed by atoms with Gasteiger partial charge >= 0.3 is 0 Å². The van der Waals surface area contributed by atoms with Gasteiger partial charge in [-0.05, 0) is 66.0 Å². The van der Waals surface area contributed by atoms with Gasteiger partial charge in [0.05, 0.1) is 13.7 Å². The Balaban J connectivity index is 0.00000225. The van der Waals surface area contributed by atoms with Crippen molar-refractivity contribution in [3.8, 4) is 5.75 Å². The van der Waals surface area contributed by atoms with Crippen LogP contribution in [-0.2, 0) is 13.0 Å². The number of hydrogen-bond donors (Lipinski definition) is 2. The molecular formula is C16H23ClN6O2. The summed E-state index contributed by atoms with van der Waals surface area (Å²) >= 11 is 0. The molecule has 9 heteroatoms. The van der Waals surface area contributed by atoms with E-state index in [0.717, 1.165) is 37.2 Å². The summed E-state index contributed by atoms with van der Waals surface area (Å²) in [4.78, 5) is 12.3. The maximum Gasteiger partial charge on any atom is 0.251 e. The molecular weight excluding hydrogens is 344 g/mol. The third-order valence-corrected chi connectivity index (χ3v) is 4.23. The normalized spacial score (nSPS) is 16.3. The molecule has 2 heterocycles. The number of halogens is 1. The van der Waals surface area contributed by atoms with Gasteiger partial charge in [0.1, 0.15) is 12.1 Å². The minimum Gasteiger partial charge on any atom is -0.496 e. The molecule has 0 saturated carbocycles. The number of nitrogens with one attached hydrogen (secondary N) is 2. The number of nitrogens with zero attached hydrogens (tertiary/aromatic N) is 4. The van der Waals surface area contributed by atoms with Gasteiger partial charge in [-0.25, -0.2) is 4.68 Å². The summed E-state index contributed by atoms with van der Waals surface area (Å²) in [5, 5.41) is 17.1. The summed E-state index contributed by atoms with van der Waals surface area (Å²) < 4.78 is 7.02. The van der Waals surface area contributed by atoms with Gasteiger partial charge in [0.2, 0.25) is 0 Å². The molecule has 1 saturated heterocycles. The predicted molar refractivity (Wildman–Crippen MR) is 95.1 cm³/mol. The second-order valence-corrected chi connectivity index (χ2v) is 5.92. The van der Waals surface area contributed by atoms with Crippen LogP contribution in [0.15, 0.2) is 24.5 Å². The standard InChI is InChI=1S/C16H22N6O2.ClH/c1-24-15-3-2-13(9-14(15)8-12-4-5-17-10-12)16(23)18-6-7-22-11-19-20-21-22;/h2-3,9,11-12,17H,4-8,10H2,1H3,(H,18,23);1H. The maximum atomic E-state index is 12.3. The molecule has 0 radical (unpaired) electrons. The molecule has 1 aliphatic rings. The molecule has 0 aliphatic carbocycles. The lowest BCUT2D eigenvalue weighted by molar-refractivity contribution is 0.0951. The van der Waals surface area contributed by atoms with Gasteiger partial charge in [-0.15, -0.1) is 17.5 Å². The van der Waals surface area contributed by atoms with E-state index in [1.165, 1.54) is 6.33 Å². The molecule has 136 valence electrons. The van der Waals surface area contributed by atoms with Crippen molar-refractivity contribution in [2.75, 3.05) is 26.7 Å². The summed E-state index contributed by atoms with van der Waals surface area (Å²) in [7, 11) is 1.66. The Morgan fingerprint density at radius 3 is 3.04 bits per heavy atom. The third-order valence-electron chi connectivity index (χ3n) is 4.23. The average Bonchev–Trinajstić information content (AvgIpc) is 3.28. The van der Waals surface area contributed by atoms with Crippen molar-refractivity contribution in [2.45, 2.75) is 19.4 Å². The zero-order valence-electron chi connectivity index (χ0n) is 14.1. The van der Waals surface area contributed by atoms with Crippen LogP contribution >= 0.6 is 12.4 Å². The molecule has 1 fully saturated rings. The quantitative estimate of drug-likeness (QED) is 0.748. The number of ether oxygens (including phenoxy) is 1. The second-order valence-electron chi connectivity index (χ2n) is 5.92. The van der Waals surface area contributed by atoms with Crippen molar-refractivity contribution >= 4 is 18.3 Å². The summed E-state index contributed by atoms with van der Waals surface area (Å²) in [6.07, 6.45) is 3.60. The van der Waals surface area contributed by atoms with Gasteiger partial charge in [0.25, 0.3) is 5.91 Å². The van der Waals surface area contributed by atoms with Crippen LogP contribution in [0, 0.1) is 5.92 Å². The van der Waals surface area contributed by atoms with Gasteiger partial charge in [-0.1, -0.05) is 0 Å². The zero-order valence-corrected chi connectivity index (χ0v) is 15.0. The van der Waals surface area contributed by atoms with Crippen molar-refractivity contribution in [2.24, 2.45) is 5.92 Å². The van der Waals surface area contributed by atoms with E-state index in [2.05, 4.69) is 26.2 Å². The number of aromatic nitrogens is 4. The SMILES string of the molecule is COc1ccc(C(=O)NCCn2cnnn2)cc1CC1CCNC1.Cl. The van der Waals surface area contributed by atoms with Crippen LogP contribution in [0.4, 0.5) is 0 Å². The van der Waals surface area contributed by atoms with E-state index in [4.69, 9.17) is 4.74 Å². The fourth-order valence-electron chi connectivity index (χ4n) is 2.95. The molecule has 1 unspecified atom stereocenters. The van der Waals surface area contributed by atoms with Crippen LogP contribution in [0.25, 0.3) is 0 Å². The second kappa shape index (κ2) is 9.33. The van der Waals surface area contributed by atoms with E-state index < -0.39 is 0 Å². The first-order valence-corrected chi connectivity index (χ1v) is 8.13. The minimum atomic E-state index is -0.100. The van der Waals surface area contributed by atoms with Gasteiger partial charge in [0, 0.05) is 12.1 Å². The van der Waals surface area contributed by atoms with Crippen molar-refractivity contribution in [1.82, 2.24) is 30.8 Å². The molecule has 1 aromatic heterocycles. The molecule has 8 nitrogen and oxygen atoms in total. The van der Waals surface area contributed by atoms with Crippen molar-refractivity contribution < 1.29 is 9.53 Å². The van der Waals surface area contributed by atoms with Crippen LogP contribution in [0.3, 0.4) is 0 Å². The van der Waals surface area contributed by atoms with Gasteiger partial charge < -0.3 is 15.4 Å². The van der Waals surface area contributed by atoms with E-state index in [9.17, 15) is 4.79 Å². The number of hydrogen-bond acceptors (Lipinski definition) is 6. The number of benzene rings is 1. The number of tetrazole rings is 1. The maximum absolute atomic E-state index is 12.3. The Kier molecular flexibility index (Phi) is 7.15. The lowest BCUT2D eigenvalue weighted by Gasteiger charge is -2.14. The Morgan fingerprint density at radius 1 is 1.48 bits per heavy atom. The molecule has 1 aliphatic heterocycles. The topological polar surface area (TPSA) is 94.0 Å². The molecule has 2 N–H and O–H groups in total. The summed E-state index contributed by atoms with van der Waals surface area (Å²) in [5.41, 5.74) is 1.73. The summed E-state index contributed by atoms with van der Waals surface area (Å²) in [6.45, 7) is 3.09. The van der Waals surface area contributed by atoms with Gasteiger partial charge in [0.15, 0.2) is 0 Å². The van der Waals surface area contributed by atoms with Gasteiger partial charge in [-0.3, -0.25) is 4.79 Å². The number of methoxy groups -OCH3 is 1. The summed E-state index contributed by atoms with van der Waals surface area (Å²) in [6, 6.07) is 5.60. The highest BCUT2D eigenvalue weighted by Gasteiger charge is 2.18. The first-order valence-electron chi connectivity index (χ1n) is 8.13. The fraction of sp³-hybridized carbons (Fsp3) is 0.500. The Hall–Kier alpha value is -2.19. The average molecular weight is 367 g/mol. The van der Waals surface area contributed by atoms with Crippen LogP contribution in [0.1, 0.15) is 22.3 Å². The first-order chi connectivity index (χ1) is 11.8. The number of amides is 1. The minimum absolute atomic E-state index is 0. The lowest BCUT2D eigenvalue weighted by atomic mass is 9.96. The van der Waals surface area contributed by atoms with Crippen LogP contribution in [0.2, 0.25) is 0 Å². The highest BCUT2D eigenvalue weighted by atomic mass is 35.5. The number of rotatable bonds is 7. The van der Waals surface area contributed by atoms with E-state index in [0.29, 0.717) is 24.6 Å². The van der Waals surface area contributed by atoms with E-state index >= 15 is 0 Å². The van der Waals surface area contributed by atoms with Crippen LogP contribution in [-0.4, -0.2) is 52.9 Å². The van der Waals surface area contributed by atoms with Crippen LogP contribution < -0.4 is 15.4 Å². The van der Waals surface area contributed by atoms with Crippen molar-refractivity contribution in [1.29, 1.82) is 0 Å². The lowest BCUT2D eigenvalue weighted by Crippen LogP contribution is -2.27. The summed E-state index contributed by atoms with van der Waals surface area (Å²) in [5.74, 6) is 1.33. The van der Waals surface area contributed by atoms with Crippen molar-refractivity contribution in [3.63, 3.8) is 0 Å². The van der Waals surface area contributed by atoms with E-state index in [1.54, 1.807) is 17.9 Å². The Morgan fingerprint density at radius 2 is 2.36 bits per heavy atom. The van der Waals surface area contributed by atoms with Gasteiger partial charge in [-0.2, -0.15) is 0 Å². The molecule has 0 spiro atoms. The number of carbonyl (C=O) groups excluding carboxylic acids is 1. The zero-order chi connectivity index (χ0) is 16.8. The smallest absolute Gasteiger partial charge is 0.251 e. The molecule has 0 bridgehead atoms. The van der Waals surface area contributed by atoms with E-state index in [-0.39, 0.29) is 18.3 Å². The third kappa shape index (κ3) is 5.14. The Bertz CT molecular complexity index is 673. The van der Waals surface area contributed by atoms with E-state index in [1.807, 2.05) is 12.1 Å². The van der Waals surface area contributed by atoms with Crippen LogP contribution in [0.5, 0.6) is 5.75 Å². The Labute approximate surface area is 152 Å². The monoisotopic (exact) mass is 366 g/mol. The molecule has 1 aromatic carbocycles. The fourth-order valence-corrected chi connectivity index (χ4v) is 2.95. The predicted octanol–water partition coefficient (Wildman–Crippen LogP) is 0.685. The highest BCUT2D eigenvalue weighted by Crippen LogP contribution is 2.25. The largest absolute Gasteiger partial charge is 0.496 e. The molecule has 3 rings (SSSR count). The molecule has 25 heavy (non-hydrogen) atoms. The first kappa shape index (κ1) is 19.1. The number of carbonyl (C=O) groups is 1. The molecule has 2 aromatic rings. The molecule has 1 amide bonds.